The standard InChI is InChI=1S/C6H5N3O2S/c7-1-4-3-12-5(9-4)2-8-6(10)11/h3,8H,2H2,(H,10,11). The molecule has 0 aliphatic heterocycles. The van der Waals surface area contributed by atoms with E-state index in [0.29, 0.717) is 10.7 Å². The van der Waals surface area contributed by atoms with E-state index in [0.717, 1.165) is 0 Å². The molecule has 0 aromatic carbocycles. The van der Waals surface area contributed by atoms with Gasteiger partial charge in [0.2, 0.25) is 0 Å². The van der Waals surface area contributed by atoms with Crippen LogP contribution in [0.25, 0.3) is 0 Å². The van der Waals surface area contributed by atoms with Crippen LogP contribution in [0.1, 0.15) is 10.7 Å². The quantitative estimate of drug-likeness (QED) is 0.709. The van der Waals surface area contributed by atoms with E-state index in [9.17, 15) is 4.79 Å². The van der Waals surface area contributed by atoms with Crippen LogP contribution in [0, 0.1) is 11.3 Å². The Hall–Kier alpha value is -1.61. The fourth-order valence-corrected chi connectivity index (χ4v) is 1.25. The molecule has 1 aromatic rings. The molecule has 1 amide bonds. The van der Waals surface area contributed by atoms with E-state index in [4.69, 9.17) is 10.4 Å². The predicted octanol–water partition coefficient (Wildman–Crippen LogP) is 0.782. The number of hydrogen-bond acceptors (Lipinski definition) is 4. The molecule has 2 N–H and O–H groups in total. The van der Waals surface area contributed by atoms with Crippen LogP contribution >= 0.6 is 11.3 Å². The van der Waals surface area contributed by atoms with E-state index in [-0.39, 0.29) is 6.54 Å². The van der Waals surface area contributed by atoms with E-state index in [1.165, 1.54) is 11.3 Å². The van der Waals surface area contributed by atoms with Crippen LogP contribution in [0.2, 0.25) is 0 Å². The number of rotatable bonds is 2. The van der Waals surface area contributed by atoms with Crippen molar-refractivity contribution in [2.45, 2.75) is 6.54 Å². The summed E-state index contributed by atoms with van der Waals surface area (Å²) < 4.78 is 0. The highest BCUT2D eigenvalue weighted by molar-refractivity contribution is 7.09. The summed E-state index contributed by atoms with van der Waals surface area (Å²) >= 11 is 1.26. The number of aromatic nitrogens is 1. The number of hydrogen-bond donors (Lipinski definition) is 2. The zero-order chi connectivity index (χ0) is 8.97. The number of amides is 1. The Morgan fingerprint density at radius 3 is 3.17 bits per heavy atom. The third kappa shape index (κ3) is 2.21. The Morgan fingerprint density at radius 1 is 1.92 bits per heavy atom. The van der Waals surface area contributed by atoms with Crippen LogP contribution in [-0.2, 0) is 6.54 Å². The Kier molecular flexibility index (Phi) is 2.61. The number of nitrogens with zero attached hydrogens (tertiary/aromatic N) is 2. The van der Waals surface area contributed by atoms with Crippen LogP contribution in [0.5, 0.6) is 0 Å². The molecule has 0 saturated carbocycles. The van der Waals surface area contributed by atoms with Crippen molar-refractivity contribution in [1.29, 1.82) is 5.26 Å². The van der Waals surface area contributed by atoms with E-state index < -0.39 is 6.09 Å². The lowest BCUT2D eigenvalue weighted by atomic mass is 10.5. The molecule has 0 saturated heterocycles. The van der Waals surface area contributed by atoms with Gasteiger partial charge < -0.3 is 10.4 Å². The molecule has 0 radical (unpaired) electrons. The van der Waals surface area contributed by atoms with Gasteiger partial charge in [0.25, 0.3) is 0 Å². The lowest BCUT2D eigenvalue weighted by Gasteiger charge is -1.93. The van der Waals surface area contributed by atoms with Crippen LogP contribution in [0.15, 0.2) is 5.38 Å². The van der Waals surface area contributed by atoms with Crippen molar-refractivity contribution in [2.24, 2.45) is 0 Å². The van der Waals surface area contributed by atoms with Gasteiger partial charge in [0.15, 0.2) is 5.69 Å². The summed E-state index contributed by atoms with van der Waals surface area (Å²) in [6.45, 7) is 0.154. The highest BCUT2D eigenvalue weighted by Crippen LogP contribution is 2.07. The zero-order valence-corrected chi connectivity index (χ0v) is 6.76. The maximum atomic E-state index is 10.0. The number of nitriles is 1. The summed E-state index contributed by atoms with van der Waals surface area (Å²) in [4.78, 5) is 13.9. The van der Waals surface area contributed by atoms with Crippen molar-refractivity contribution < 1.29 is 9.90 Å². The van der Waals surface area contributed by atoms with Crippen LogP contribution in [-0.4, -0.2) is 16.2 Å². The van der Waals surface area contributed by atoms with Gasteiger partial charge in [-0.05, 0) is 0 Å². The summed E-state index contributed by atoms with van der Waals surface area (Å²) in [5.74, 6) is 0. The van der Waals surface area contributed by atoms with Crippen LogP contribution in [0.3, 0.4) is 0 Å². The number of carbonyl (C=O) groups is 1. The number of thiazole rings is 1. The van der Waals surface area contributed by atoms with Gasteiger partial charge in [0.05, 0.1) is 6.54 Å². The third-order valence-corrected chi connectivity index (χ3v) is 1.91. The summed E-state index contributed by atoms with van der Waals surface area (Å²) in [7, 11) is 0. The fourth-order valence-electron chi connectivity index (χ4n) is 0.595. The molecule has 0 aliphatic rings. The minimum Gasteiger partial charge on any atom is -0.465 e. The van der Waals surface area contributed by atoms with Crippen molar-refractivity contribution in [2.75, 3.05) is 0 Å². The van der Waals surface area contributed by atoms with Crippen LogP contribution < -0.4 is 5.32 Å². The van der Waals surface area contributed by atoms with Gasteiger partial charge in [-0.1, -0.05) is 0 Å². The molecule has 0 atom stereocenters. The van der Waals surface area contributed by atoms with Crippen molar-refractivity contribution >= 4 is 17.4 Å². The van der Waals surface area contributed by atoms with E-state index >= 15 is 0 Å². The molecule has 5 nitrogen and oxygen atoms in total. The Balaban J connectivity index is 2.54. The first-order valence-electron chi connectivity index (χ1n) is 3.03. The first kappa shape index (κ1) is 8.49. The molecule has 12 heavy (non-hydrogen) atoms. The highest BCUT2D eigenvalue weighted by atomic mass is 32.1. The summed E-state index contributed by atoms with van der Waals surface area (Å²) in [5.41, 5.74) is 0.321. The van der Waals surface area contributed by atoms with Gasteiger partial charge in [-0.25, -0.2) is 9.78 Å². The number of nitrogens with one attached hydrogen (secondary N) is 1. The lowest BCUT2D eigenvalue weighted by molar-refractivity contribution is 0.194. The molecule has 0 bridgehead atoms. The fraction of sp³-hybridized carbons (Fsp3) is 0.167. The SMILES string of the molecule is N#Cc1csc(CNC(=O)O)n1. The van der Waals surface area contributed by atoms with E-state index in [1.54, 1.807) is 5.38 Å². The van der Waals surface area contributed by atoms with Gasteiger partial charge in [0, 0.05) is 5.38 Å². The molecule has 0 aliphatic carbocycles. The first-order chi connectivity index (χ1) is 5.72. The number of carboxylic acid groups (broad SMARTS) is 1. The molecular weight excluding hydrogens is 178 g/mol. The molecule has 0 fully saturated rings. The lowest BCUT2D eigenvalue weighted by Crippen LogP contribution is -2.19. The third-order valence-electron chi connectivity index (χ3n) is 1.06. The maximum absolute atomic E-state index is 10.0. The topological polar surface area (TPSA) is 86.0 Å². The average molecular weight is 183 g/mol. The summed E-state index contributed by atoms with van der Waals surface area (Å²) in [6.07, 6.45) is -1.09. The van der Waals surface area contributed by atoms with Gasteiger partial charge in [0.1, 0.15) is 11.1 Å². The smallest absolute Gasteiger partial charge is 0.405 e. The second-order valence-corrected chi connectivity index (χ2v) is 2.84. The van der Waals surface area contributed by atoms with E-state index in [1.807, 2.05) is 6.07 Å². The minimum absolute atomic E-state index is 0.154. The molecule has 0 unspecified atom stereocenters. The monoisotopic (exact) mass is 183 g/mol. The Bertz CT molecular complexity index is 328. The first-order valence-corrected chi connectivity index (χ1v) is 3.91. The largest absolute Gasteiger partial charge is 0.465 e. The van der Waals surface area contributed by atoms with Gasteiger partial charge in [-0.15, -0.1) is 11.3 Å². The minimum atomic E-state index is -1.09. The Labute approximate surface area is 72.3 Å². The van der Waals surface area contributed by atoms with Gasteiger partial charge in [-0.2, -0.15) is 5.26 Å². The normalized spacial score (nSPS) is 8.92. The van der Waals surface area contributed by atoms with E-state index in [2.05, 4.69) is 10.3 Å². The predicted molar refractivity (Wildman–Crippen MR) is 41.7 cm³/mol. The molecule has 6 heteroatoms. The second-order valence-electron chi connectivity index (χ2n) is 1.90. The summed E-state index contributed by atoms with van der Waals surface area (Å²) in [5, 5.41) is 21.0. The van der Waals surface area contributed by atoms with Crippen LogP contribution in [0.4, 0.5) is 4.79 Å². The average Bonchev–Trinajstić information content (AvgIpc) is 2.48. The molecule has 62 valence electrons. The highest BCUT2D eigenvalue weighted by Gasteiger charge is 2.01. The van der Waals surface area contributed by atoms with Gasteiger partial charge >= 0.3 is 6.09 Å². The molecule has 1 aromatic heterocycles. The van der Waals surface area contributed by atoms with Crippen molar-refractivity contribution in [3.63, 3.8) is 0 Å². The van der Waals surface area contributed by atoms with Gasteiger partial charge in [-0.3, -0.25) is 0 Å². The summed E-state index contributed by atoms with van der Waals surface area (Å²) in [6, 6.07) is 1.86. The van der Waals surface area contributed by atoms with Crippen molar-refractivity contribution in [1.82, 2.24) is 10.3 Å². The van der Waals surface area contributed by atoms with Crippen molar-refractivity contribution in [3.8, 4) is 6.07 Å². The molecule has 1 rings (SSSR count). The molecule has 0 spiro atoms. The maximum Gasteiger partial charge on any atom is 0.405 e. The zero-order valence-electron chi connectivity index (χ0n) is 5.94. The molecular formula is C6H5N3O2S. The Morgan fingerprint density at radius 2 is 2.67 bits per heavy atom. The van der Waals surface area contributed by atoms with Crippen molar-refractivity contribution in [3.05, 3.63) is 16.1 Å². The second kappa shape index (κ2) is 3.69. The molecule has 1 heterocycles.